The van der Waals surface area contributed by atoms with Gasteiger partial charge in [0.15, 0.2) is 5.96 Å². The van der Waals surface area contributed by atoms with Gasteiger partial charge in [-0.3, -0.25) is 14.8 Å². The minimum absolute atomic E-state index is 0.283. The molecule has 5 nitrogen and oxygen atoms in total. The molecular formula is C20H32F3N5. The molecule has 8 heteroatoms. The molecule has 2 N–H and O–H groups in total. The van der Waals surface area contributed by atoms with E-state index >= 15 is 0 Å². The van der Waals surface area contributed by atoms with Gasteiger partial charge in [0.25, 0.3) is 0 Å². The fraction of sp³-hybridized carbons (Fsp3) is 0.650. The van der Waals surface area contributed by atoms with Crippen molar-refractivity contribution in [2.45, 2.75) is 38.5 Å². The lowest BCUT2D eigenvalue weighted by Crippen LogP contribution is -2.42. The van der Waals surface area contributed by atoms with Crippen LogP contribution in [0.5, 0.6) is 0 Å². The number of halogens is 3. The first-order chi connectivity index (χ1) is 13.4. The lowest BCUT2D eigenvalue weighted by molar-refractivity contribution is -0.142. The van der Waals surface area contributed by atoms with Crippen molar-refractivity contribution < 1.29 is 13.2 Å². The summed E-state index contributed by atoms with van der Waals surface area (Å²) in [4.78, 5) is 7.85. The number of guanidine groups is 1. The predicted molar refractivity (Wildman–Crippen MR) is 107 cm³/mol. The quantitative estimate of drug-likeness (QED) is 0.521. The molecule has 0 amide bonds. The maximum Gasteiger partial charge on any atom is 0.401 e. The van der Waals surface area contributed by atoms with Gasteiger partial charge < -0.3 is 10.6 Å². The second kappa shape index (κ2) is 11.3. The molecule has 0 spiro atoms. The molecule has 0 bridgehead atoms. The van der Waals surface area contributed by atoms with Crippen molar-refractivity contribution in [1.82, 2.24) is 20.4 Å². The van der Waals surface area contributed by atoms with Crippen LogP contribution in [0.25, 0.3) is 0 Å². The van der Waals surface area contributed by atoms with Crippen LogP contribution in [0.4, 0.5) is 13.2 Å². The summed E-state index contributed by atoms with van der Waals surface area (Å²) in [5, 5.41) is 6.24. The van der Waals surface area contributed by atoms with Crippen molar-refractivity contribution in [3.63, 3.8) is 0 Å². The minimum Gasteiger partial charge on any atom is -0.355 e. The number of benzene rings is 1. The first-order valence-electron chi connectivity index (χ1n) is 9.86. The zero-order valence-electron chi connectivity index (χ0n) is 16.9. The van der Waals surface area contributed by atoms with E-state index in [1.54, 1.807) is 7.05 Å². The van der Waals surface area contributed by atoms with Crippen molar-refractivity contribution in [1.29, 1.82) is 0 Å². The van der Waals surface area contributed by atoms with Gasteiger partial charge in [-0.05, 0) is 44.1 Å². The number of nitrogens with zero attached hydrogens (tertiary/aromatic N) is 3. The molecule has 0 aromatic heterocycles. The monoisotopic (exact) mass is 399 g/mol. The van der Waals surface area contributed by atoms with Crippen molar-refractivity contribution in [3.05, 3.63) is 35.4 Å². The van der Waals surface area contributed by atoms with Crippen LogP contribution in [0, 0.1) is 0 Å². The van der Waals surface area contributed by atoms with Crippen LogP contribution in [0.3, 0.4) is 0 Å². The molecule has 0 unspecified atom stereocenters. The molecule has 1 aliphatic rings. The second-order valence-corrected chi connectivity index (χ2v) is 7.36. The van der Waals surface area contributed by atoms with Crippen molar-refractivity contribution >= 4 is 5.96 Å². The van der Waals surface area contributed by atoms with Gasteiger partial charge in [-0.15, -0.1) is 0 Å². The van der Waals surface area contributed by atoms with Crippen LogP contribution in [0.15, 0.2) is 29.3 Å². The number of likely N-dealkylation sites (N-methyl/N-ethyl adjacent to an activating group) is 1. The highest BCUT2D eigenvalue weighted by Crippen LogP contribution is 2.15. The Morgan fingerprint density at radius 2 is 1.71 bits per heavy atom. The van der Waals surface area contributed by atoms with Gasteiger partial charge in [-0.2, -0.15) is 13.2 Å². The Morgan fingerprint density at radius 1 is 1.07 bits per heavy atom. The van der Waals surface area contributed by atoms with Crippen LogP contribution < -0.4 is 10.6 Å². The summed E-state index contributed by atoms with van der Waals surface area (Å²) in [6.07, 6.45) is -0.246. The third-order valence-electron chi connectivity index (χ3n) is 4.80. The van der Waals surface area contributed by atoms with E-state index in [1.807, 2.05) is 0 Å². The number of likely N-dealkylation sites (tertiary alicyclic amines) is 1. The van der Waals surface area contributed by atoms with E-state index in [0.717, 1.165) is 12.1 Å². The van der Waals surface area contributed by atoms with Gasteiger partial charge in [0, 0.05) is 33.2 Å². The maximum atomic E-state index is 12.3. The number of rotatable bonds is 8. The number of piperidine rings is 1. The number of hydrogen-bond acceptors (Lipinski definition) is 3. The van der Waals surface area contributed by atoms with E-state index in [9.17, 15) is 13.2 Å². The summed E-state index contributed by atoms with van der Waals surface area (Å²) >= 11 is 0. The molecule has 0 atom stereocenters. The molecule has 0 radical (unpaired) electrons. The topological polar surface area (TPSA) is 42.9 Å². The molecule has 2 rings (SSSR count). The zero-order valence-corrected chi connectivity index (χ0v) is 16.9. The third-order valence-corrected chi connectivity index (χ3v) is 4.80. The van der Waals surface area contributed by atoms with Crippen LogP contribution in [-0.2, 0) is 13.1 Å². The molecule has 28 heavy (non-hydrogen) atoms. The Morgan fingerprint density at radius 3 is 2.32 bits per heavy atom. The molecule has 1 aromatic carbocycles. The van der Waals surface area contributed by atoms with Gasteiger partial charge in [0.1, 0.15) is 0 Å². The van der Waals surface area contributed by atoms with E-state index in [4.69, 9.17) is 0 Å². The summed E-state index contributed by atoms with van der Waals surface area (Å²) in [7, 11) is 3.10. The largest absolute Gasteiger partial charge is 0.401 e. The van der Waals surface area contributed by atoms with Crippen molar-refractivity contribution in [2.75, 3.05) is 46.8 Å². The standard InChI is InChI=1S/C20H32F3N5/c1-24-19(25-10-13-27(2)16-20(21,22)23)26-14-17-6-8-18(9-7-17)15-28-11-4-3-5-12-28/h6-9H,3-5,10-16H2,1-2H3,(H2,24,25,26). The summed E-state index contributed by atoms with van der Waals surface area (Å²) in [6.45, 7) is 3.74. The van der Waals surface area contributed by atoms with Crippen molar-refractivity contribution in [3.8, 4) is 0 Å². The third kappa shape index (κ3) is 8.93. The van der Waals surface area contributed by atoms with Gasteiger partial charge in [0.05, 0.1) is 6.54 Å². The number of nitrogens with one attached hydrogen (secondary N) is 2. The SMILES string of the molecule is CN=C(NCCN(C)CC(F)(F)F)NCc1ccc(CN2CCCCC2)cc1. The average molecular weight is 400 g/mol. The molecule has 0 saturated carbocycles. The number of aliphatic imine (C=N–C) groups is 1. The lowest BCUT2D eigenvalue weighted by Gasteiger charge is -2.26. The molecule has 1 saturated heterocycles. The number of alkyl halides is 3. The molecule has 158 valence electrons. The predicted octanol–water partition coefficient (Wildman–Crippen LogP) is 2.83. The molecule has 1 aromatic rings. The molecular weight excluding hydrogens is 367 g/mol. The highest BCUT2D eigenvalue weighted by atomic mass is 19.4. The molecule has 0 aliphatic carbocycles. The van der Waals surface area contributed by atoms with Gasteiger partial charge in [-0.25, -0.2) is 0 Å². The van der Waals surface area contributed by atoms with Crippen LogP contribution >= 0.6 is 0 Å². The molecule has 1 aliphatic heterocycles. The smallest absolute Gasteiger partial charge is 0.355 e. The summed E-state index contributed by atoms with van der Waals surface area (Å²) in [6, 6.07) is 8.54. The number of hydrogen-bond donors (Lipinski definition) is 2. The Bertz CT molecular complexity index is 595. The normalized spacial score (nSPS) is 16.4. The first-order valence-corrected chi connectivity index (χ1v) is 9.86. The maximum absolute atomic E-state index is 12.3. The highest BCUT2D eigenvalue weighted by Gasteiger charge is 2.28. The summed E-state index contributed by atoms with van der Waals surface area (Å²) < 4.78 is 37.0. The van der Waals surface area contributed by atoms with E-state index in [2.05, 4.69) is 44.8 Å². The lowest BCUT2D eigenvalue weighted by atomic mass is 10.1. The Kier molecular flexibility index (Phi) is 9.05. The Hall–Kier alpha value is -1.80. The van der Waals surface area contributed by atoms with Crippen LogP contribution in [0.1, 0.15) is 30.4 Å². The van der Waals surface area contributed by atoms with Gasteiger partial charge in [0.2, 0.25) is 0 Å². The van der Waals surface area contributed by atoms with Crippen LogP contribution in [0.2, 0.25) is 0 Å². The fourth-order valence-corrected chi connectivity index (χ4v) is 3.29. The summed E-state index contributed by atoms with van der Waals surface area (Å²) in [5.41, 5.74) is 2.46. The van der Waals surface area contributed by atoms with Crippen molar-refractivity contribution in [2.24, 2.45) is 4.99 Å². The van der Waals surface area contributed by atoms with E-state index < -0.39 is 12.7 Å². The Labute approximate surface area is 166 Å². The van der Waals surface area contributed by atoms with E-state index in [-0.39, 0.29) is 6.54 Å². The van der Waals surface area contributed by atoms with E-state index in [1.165, 1.54) is 49.9 Å². The molecule has 1 heterocycles. The first kappa shape index (κ1) is 22.5. The molecule has 1 fully saturated rings. The Balaban J connectivity index is 1.69. The van der Waals surface area contributed by atoms with Gasteiger partial charge >= 0.3 is 6.18 Å². The second-order valence-electron chi connectivity index (χ2n) is 7.36. The average Bonchev–Trinajstić information content (AvgIpc) is 2.65. The van der Waals surface area contributed by atoms with Crippen LogP contribution in [-0.4, -0.2) is 68.8 Å². The fourth-order valence-electron chi connectivity index (χ4n) is 3.29. The summed E-state index contributed by atoms with van der Waals surface area (Å²) in [5.74, 6) is 0.581. The minimum atomic E-state index is -4.17. The zero-order chi connectivity index (χ0) is 20.4. The highest BCUT2D eigenvalue weighted by molar-refractivity contribution is 5.79. The van der Waals surface area contributed by atoms with Gasteiger partial charge in [-0.1, -0.05) is 30.7 Å². The van der Waals surface area contributed by atoms with E-state index in [0.29, 0.717) is 19.0 Å².